The van der Waals surface area contributed by atoms with Crippen LogP contribution < -0.4 is 4.90 Å². The van der Waals surface area contributed by atoms with E-state index in [-0.39, 0.29) is 5.41 Å². The van der Waals surface area contributed by atoms with Gasteiger partial charge in [0.2, 0.25) is 0 Å². The summed E-state index contributed by atoms with van der Waals surface area (Å²) < 4.78 is 4.88. The van der Waals surface area contributed by atoms with Crippen molar-refractivity contribution in [1.82, 2.24) is 9.13 Å². The fraction of sp³-hybridized carbons (Fsp3) is 0.0448. The third-order valence-electron chi connectivity index (χ3n) is 15.1. The van der Waals surface area contributed by atoms with Gasteiger partial charge in [-0.2, -0.15) is 0 Å². The van der Waals surface area contributed by atoms with Crippen LogP contribution >= 0.6 is 0 Å². The molecule has 3 heteroatoms. The van der Waals surface area contributed by atoms with Gasteiger partial charge in [-0.3, -0.25) is 0 Å². The van der Waals surface area contributed by atoms with Gasteiger partial charge in [0.1, 0.15) is 0 Å². The van der Waals surface area contributed by atoms with Crippen LogP contribution in [0.2, 0.25) is 0 Å². The Bertz CT molecular complexity index is 4180. The van der Waals surface area contributed by atoms with E-state index in [1.54, 1.807) is 0 Å². The van der Waals surface area contributed by atoms with E-state index in [9.17, 15) is 0 Å². The fourth-order valence-electron chi connectivity index (χ4n) is 11.8. The largest absolute Gasteiger partial charge is 0.310 e. The van der Waals surface area contributed by atoms with Crippen LogP contribution in [0.15, 0.2) is 249 Å². The molecule has 0 spiro atoms. The van der Waals surface area contributed by atoms with Gasteiger partial charge in [0.25, 0.3) is 0 Å². The summed E-state index contributed by atoms with van der Waals surface area (Å²) in [6.07, 6.45) is 0. The average molecular weight is 894 g/mol. The van der Waals surface area contributed by atoms with E-state index in [4.69, 9.17) is 0 Å². The molecule has 0 amide bonds. The predicted octanol–water partition coefficient (Wildman–Crippen LogP) is 18.1. The Morgan fingerprint density at radius 3 is 1.56 bits per heavy atom. The SMILES string of the molecule is CC1(C)c2ccccc2-c2cc(-n3c4ccccc4c4cc(-c5ccc(N(c6ccc(-c7ccccc7)cc6)c6ccc7c(c6)c6ccccc6n7-c6ccccc6)cc5)c5ccccc5c43)ccc21. The minimum atomic E-state index is -0.0513. The molecule has 0 saturated carbocycles. The molecule has 0 unspecified atom stereocenters. The molecule has 1 aliphatic carbocycles. The molecule has 0 fully saturated rings. The quantitative estimate of drug-likeness (QED) is 0.155. The molecule has 330 valence electrons. The first-order valence-electron chi connectivity index (χ1n) is 24.3. The molecule has 2 aromatic heterocycles. The van der Waals surface area contributed by atoms with Crippen LogP contribution in [0.25, 0.3) is 99.1 Å². The van der Waals surface area contributed by atoms with Crippen molar-refractivity contribution >= 4 is 71.4 Å². The number of anilines is 3. The lowest BCUT2D eigenvalue weighted by molar-refractivity contribution is 0.660. The van der Waals surface area contributed by atoms with Crippen LogP contribution in [0.4, 0.5) is 17.1 Å². The summed E-state index contributed by atoms with van der Waals surface area (Å²) in [5.74, 6) is 0. The second kappa shape index (κ2) is 15.6. The molecule has 0 saturated heterocycles. The number of rotatable bonds is 7. The van der Waals surface area contributed by atoms with E-state index in [2.05, 4.69) is 277 Å². The van der Waals surface area contributed by atoms with Crippen molar-refractivity contribution in [3.63, 3.8) is 0 Å². The van der Waals surface area contributed by atoms with E-state index < -0.39 is 0 Å². The Morgan fingerprint density at radius 1 is 0.300 bits per heavy atom. The smallest absolute Gasteiger partial charge is 0.0619 e. The minimum absolute atomic E-state index is 0.0513. The zero-order valence-electron chi connectivity index (χ0n) is 39.0. The van der Waals surface area contributed by atoms with Gasteiger partial charge in [0, 0.05) is 60.8 Å². The lowest BCUT2D eigenvalue weighted by Gasteiger charge is -2.26. The number of aromatic nitrogens is 2. The van der Waals surface area contributed by atoms with Crippen molar-refractivity contribution in [2.75, 3.05) is 4.90 Å². The second-order valence-corrected chi connectivity index (χ2v) is 19.3. The van der Waals surface area contributed by atoms with Crippen molar-refractivity contribution in [3.05, 3.63) is 260 Å². The first-order chi connectivity index (χ1) is 34.5. The van der Waals surface area contributed by atoms with E-state index >= 15 is 0 Å². The van der Waals surface area contributed by atoms with Gasteiger partial charge in [0.05, 0.1) is 22.1 Å². The van der Waals surface area contributed by atoms with Crippen LogP contribution in [-0.2, 0) is 5.41 Å². The number of hydrogen-bond donors (Lipinski definition) is 0. The highest BCUT2D eigenvalue weighted by atomic mass is 15.1. The van der Waals surface area contributed by atoms with Gasteiger partial charge in [-0.25, -0.2) is 0 Å². The Kier molecular flexibility index (Phi) is 8.93. The van der Waals surface area contributed by atoms with Crippen LogP contribution in [0.5, 0.6) is 0 Å². The Morgan fingerprint density at radius 2 is 0.829 bits per heavy atom. The predicted molar refractivity (Wildman–Crippen MR) is 296 cm³/mol. The maximum Gasteiger partial charge on any atom is 0.0619 e. The zero-order valence-corrected chi connectivity index (χ0v) is 39.0. The van der Waals surface area contributed by atoms with Crippen LogP contribution in [0.3, 0.4) is 0 Å². The van der Waals surface area contributed by atoms with E-state index in [0.29, 0.717) is 0 Å². The fourth-order valence-corrected chi connectivity index (χ4v) is 11.8. The van der Waals surface area contributed by atoms with Gasteiger partial charge in [-0.05, 0) is 135 Å². The number of benzene rings is 11. The lowest BCUT2D eigenvalue weighted by Crippen LogP contribution is -2.14. The normalized spacial score (nSPS) is 12.8. The van der Waals surface area contributed by atoms with Crippen molar-refractivity contribution in [3.8, 4) is 44.8 Å². The Labute approximate surface area is 407 Å². The summed E-state index contributed by atoms with van der Waals surface area (Å²) in [5.41, 5.74) is 20.6. The van der Waals surface area contributed by atoms with Gasteiger partial charge >= 0.3 is 0 Å². The molecule has 14 rings (SSSR count). The lowest BCUT2D eigenvalue weighted by atomic mass is 9.82. The van der Waals surface area contributed by atoms with Crippen molar-refractivity contribution in [2.24, 2.45) is 0 Å². The van der Waals surface area contributed by atoms with Crippen LogP contribution in [0, 0.1) is 0 Å². The summed E-state index contributed by atoms with van der Waals surface area (Å²) in [5, 5.41) is 7.40. The molecule has 0 atom stereocenters. The molecule has 70 heavy (non-hydrogen) atoms. The molecule has 0 bridgehead atoms. The van der Waals surface area contributed by atoms with Crippen molar-refractivity contribution in [2.45, 2.75) is 19.3 Å². The number of nitrogens with zero attached hydrogens (tertiary/aromatic N) is 3. The Hall–Kier alpha value is -8.92. The molecule has 0 aliphatic heterocycles. The minimum Gasteiger partial charge on any atom is -0.310 e. The number of fused-ring (bicyclic) bond motifs is 11. The average Bonchev–Trinajstić information content (AvgIpc) is 4.02. The highest BCUT2D eigenvalue weighted by Crippen LogP contribution is 2.50. The Balaban J connectivity index is 0.923. The van der Waals surface area contributed by atoms with E-state index in [1.807, 2.05) is 0 Å². The standard InChI is InChI=1S/C67H47N3/c1-67(2)61-26-14-11-22-53(61)58-41-51(37-39-62(58)67)70-64-28-16-13-24-55(64)60-43-57(52-21-9-10-25-56(52)66(60)70)46-31-35-49(36-32-46)68(48-33-29-45(30-34-48)44-17-5-3-6-18-44)50-38-40-65-59(42-50)54-23-12-15-27-63(54)69(65)47-19-7-4-8-20-47/h3-43H,1-2H3. The summed E-state index contributed by atoms with van der Waals surface area (Å²) in [6, 6.07) is 91.6. The van der Waals surface area contributed by atoms with Crippen molar-refractivity contribution in [1.29, 1.82) is 0 Å². The highest BCUT2D eigenvalue weighted by molar-refractivity contribution is 6.22. The second-order valence-electron chi connectivity index (χ2n) is 19.3. The third kappa shape index (κ3) is 6.08. The molecule has 3 nitrogen and oxygen atoms in total. The highest BCUT2D eigenvalue weighted by Gasteiger charge is 2.35. The summed E-state index contributed by atoms with van der Waals surface area (Å²) in [7, 11) is 0. The molecular weight excluding hydrogens is 847 g/mol. The summed E-state index contributed by atoms with van der Waals surface area (Å²) >= 11 is 0. The van der Waals surface area contributed by atoms with Gasteiger partial charge < -0.3 is 14.0 Å². The number of para-hydroxylation sites is 3. The number of hydrogen-bond acceptors (Lipinski definition) is 1. The maximum atomic E-state index is 2.50. The first kappa shape index (κ1) is 40.2. The summed E-state index contributed by atoms with van der Waals surface area (Å²) in [6.45, 7) is 4.71. The van der Waals surface area contributed by atoms with E-state index in [1.165, 1.54) is 105 Å². The van der Waals surface area contributed by atoms with E-state index in [0.717, 1.165) is 22.7 Å². The maximum absolute atomic E-state index is 2.50. The van der Waals surface area contributed by atoms with Crippen LogP contribution in [-0.4, -0.2) is 9.13 Å². The molecule has 13 aromatic rings. The van der Waals surface area contributed by atoms with Gasteiger partial charge in [-0.15, -0.1) is 0 Å². The van der Waals surface area contributed by atoms with Gasteiger partial charge in [-0.1, -0.05) is 178 Å². The van der Waals surface area contributed by atoms with Crippen molar-refractivity contribution < 1.29 is 0 Å². The topological polar surface area (TPSA) is 13.1 Å². The molecule has 0 N–H and O–H groups in total. The zero-order chi connectivity index (χ0) is 46.5. The van der Waals surface area contributed by atoms with Crippen LogP contribution in [0.1, 0.15) is 25.0 Å². The van der Waals surface area contributed by atoms with Gasteiger partial charge in [0.15, 0.2) is 0 Å². The molecule has 11 aromatic carbocycles. The molecular formula is C67H47N3. The molecule has 2 heterocycles. The third-order valence-corrected chi connectivity index (χ3v) is 15.1. The summed E-state index contributed by atoms with van der Waals surface area (Å²) in [4.78, 5) is 2.40. The molecule has 1 aliphatic rings. The monoisotopic (exact) mass is 893 g/mol. The molecule has 0 radical (unpaired) electrons. The first-order valence-corrected chi connectivity index (χ1v) is 24.3.